The Kier molecular flexibility index (Phi) is 2.29. The maximum absolute atomic E-state index is 12.5. The highest BCUT2D eigenvalue weighted by molar-refractivity contribution is 6.00. The van der Waals surface area contributed by atoms with E-state index in [1.165, 1.54) is 19.2 Å². The summed E-state index contributed by atoms with van der Waals surface area (Å²) in [5.74, 6) is -1.04. The third-order valence-corrected chi connectivity index (χ3v) is 2.32. The van der Waals surface area contributed by atoms with E-state index in [4.69, 9.17) is 0 Å². The Labute approximate surface area is 89.4 Å². The molecule has 1 aliphatic rings. The number of carbonyl (C=O) groups is 1. The van der Waals surface area contributed by atoms with Crippen molar-refractivity contribution in [3.8, 4) is 5.75 Å². The number of hydrogen-bond donors (Lipinski definition) is 0. The molecule has 1 atom stereocenters. The highest BCUT2D eigenvalue weighted by atomic mass is 19.4. The average Bonchev–Trinajstić information content (AvgIpc) is 2.22. The SMILES string of the molecule is CN1C(=O)C(C(F)(F)F)Oc2ccccc21. The minimum atomic E-state index is -4.70. The van der Waals surface area contributed by atoms with Crippen LogP contribution in [-0.2, 0) is 4.79 Å². The number of likely N-dealkylation sites (N-methyl/N-ethyl adjacent to an activating group) is 1. The molecule has 3 nitrogen and oxygen atoms in total. The summed E-state index contributed by atoms with van der Waals surface area (Å²) >= 11 is 0. The second kappa shape index (κ2) is 3.40. The predicted octanol–water partition coefficient (Wildman–Crippen LogP) is 1.97. The van der Waals surface area contributed by atoms with Crippen LogP contribution in [0.2, 0.25) is 0 Å². The Morgan fingerprint density at radius 1 is 1.31 bits per heavy atom. The van der Waals surface area contributed by atoms with Crippen LogP contribution in [0, 0.1) is 0 Å². The van der Waals surface area contributed by atoms with Gasteiger partial charge in [-0.1, -0.05) is 12.1 Å². The van der Waals surface area contributed by atoms with Gasteiger partial charge in [0, 0.05) is 7.05 Å². The summed E-state index contributed by atoms with van der Waals surface area (Å²) in [4.78, 5) is 12.4. The van der Waals surface area contributed by atoms with Gasteiger partial charge in [-0.15, -0.1) is 0 Å². The van der Waals surface area contributed by atoms with Crippen molar-refractivity contribution in [3.63, 3.8) is 0 Å². The fourth-order valence-corrected chi connectivity index (χ4v) is 1.51. The van der Waals surface area contributed by atoms with E-state index < -0.39 is 18.2 Å². The molecule has 0 aromatic heterocycles. The summed E-state index contributed by atoms with van der Waals surface area (Å²) < 4.78 is 42.1. The number of para-hydroxylation sites is 2. The summed E-state index contributed by atoms with van der Waals surface area (Å²) in [7, 11) is 1.29. The number of halogens is 3. The fraction of sp³-hybridized carbons (Fsp3) is 0.300. The molecule has 0 spiro atoms. The van der Waals surface area contributed by atoms with E-state index in [-0.39, 0.29) is 5.75 Å². The van der Waals surface area contributed by atoms with Gasteiger partial charge >= 0.3 is 6.18 Å². The van der Waals surface area contributed by atoms with Crippen molar-refractivity contribution in [2.75, 3.05) is 11.9 Å². The van der Waals surface area contributed by atoms with Crippen molar-refractivity contribution in [1.82, 2.24) is 0 Å². The van der Waals surface area contributed by atoms with Gasteiger partial charge in [-0.25, -0.2) is 0 Å². The molecule has 1 aromatic rings. The molecule has 0 saturated carbocycles. The van der Waals surface area contributed by atoms with Crippen molar-refractivity contribution in [2.24, 2.45) is 0 Å². The topological polar surface area (TPSA) is 29.5 Å². The number of hydrogen-bond acceptors (Lipinski definition) is 2. The quantitative estimate of drug-likeness (QED) is 0.683. The zero-order chi connectivity index (χ0) is 11.9. The molecule has 1 amide bonds. The van der Waals surface area contributed by atoms with E-state index in [2.05, 4.69) is 4.74 Å². The van der Waals surface area contributed by atoms with Crippen LogP contribution < -0.4 is 9.64 Å². The Balaban J connectivity index is 2.44. The monoisotopic (exact) mass is 231 g/mol. The van der Waals surface area contributed by atoms with Gasteiger partial charge in [0.15, 0.2) is 0 Å². The first kappa shape index (κ1) is 10.8. The molecule has 2 rings (SSSR count). The molecular weight excluding hydrogens is 223 g/mol. The van der Waals surface area contributed by atoms with E-state index in [0.29, 0.717) is 5.69 Å². The van der Waals surface area contributed by atoms with Gasteiger partial charge in [-0.3, -0.25) is 4.79 Å². The van der Waals surface area contributed by atoms with Crippen LogP contribution in [0.25, 0.3) is 0 Å². The van der Waals surface area contributed by atoms with Gasteiger partial charge in [0.2, 0.25) is 0 Å². The molecule has 0 aliphatic carbocycles. The van der Waals surface area contributed by atoms with E-state index in [9.17, 15) is 18.0 Å². The highest BCUT2D eigenvalue weighted by Crippen LogP contribution is 2.37. The first-order valence-corrected chi connectivity index (χ1v) is 4.51. The molecule has 1 aromatic carbocycles. The number of ether oxygens (including phenoxy) is 1. The molecule has 0 bridgehead atoms. The third kappa shape index (κ3) is 1.60. The lowest BCUT2D eigenvalue weighted by Gasteiger charge is -2.32. The molecule has 16 heavy (non-hydrogen) atoms. The Hall–Kier alpha value is -1.72. The smallest absolute Gasteiger partial charge is 0.434 e. The Bertz CT molecular complexity index is 430. The van der Waals surface area contributed by atoms with Crippen molar-refractivity contribution >= 4 is 11.6 Å². The molecule has 0 radical (unpaired) electrons. The van der Waals surface area contributed by atoms with Crippen LogP contribution in [-0.4, -0.2) is 25.2 Å². The van der Waals surface area contributed by atoms with E-state index >= 15 is 0 Å². The summed E-state index contributed by atoms with van der Waals surface area (Å²) in [6, 6.07) is 6.10. The Morgan fingerprint density at radius 3 is 2.56 bits per heavy atom. The van der Waals surface area contributed by atoms with Crippen molar-refractivity contribution < 1.29 is 22.7 Å². The number of nitrogens with zero attached hydrogens (tertiary/aromatic N) is 1. The zero-order valence-electron chi connectivity index (χ0n) is 8.28. The molecule has 0 saturated heterocycles. The molecule has 6 heteroatoms. The zero-order valence-corrected chi connectivity index (χ0v) is 8.28. The first-order chi connectivity index (χ1) is 7.41. The fourth-order valence-electron chi connectivity index (χ4n) is 1.51. The predicted molar refractivity (Wildman–Crippen MR) is 50.3 cm³/mol. The maximum Gasteiger partial charge on any atom is 0.434 e. The van der Waals surface area contributed by atoms with Gasteiger partial charge in [0.1, 0.15) is 5.75 Å². The van der Waals surface area contributed by atoms with E-state index in [0.717, 1.165) is 4.90 Å². The second-order valence-electron chi connectivity index (χ2n) is 3.40. The minimum absolute atomic E-state index is 0.0620. The largest absolute Gasteiger partial charge is 0.469 e. The number of benzene rings is 1. The third-order valence-electron chi connectivity index (χ3n) is 2.32. The number of anilines is 1. The maximum atomic E-state index is 12.5. The van der Waals surface area contributed by atoms with Crippen LogP contribution in [0.1, 0.15) is 0 Å². The number of carbonyl (C=O) groups excluding carboxylic acids is 1. The van der Waals surface area contributed by atoms with E-state index in [1.54, 1.807) is 12.1 Å². The van der Waals surface area contributed by atoms with Crippen molar-refractivity contribution in [1.29, 1.82) is 0 Å². The molecule has 1 unspecified atom stereocenters. The van der Waals surface area contributed by atoms with Crippen LogP contribution in [0.3, 0.4) is 0 Å². The van der Waals surface area contributed by atoms with Crippen LogP contribution >= 0.6 is 0 Å². The molecule has 1 aliphatic heterocycles. The lowest BCUT2D eigenvalue weighted by Crippen LogP contribution is -2.51. The van der Waals surface area contributed by atoms with Gasteiger partial charge in [-0.05, 0) is 12.1 Å². The summed E-state index contributed by atoms with van der Waals surface area (Å²) in [6.07, 6.45) is -7.11. The number of fused-ring (bicyclic) bond motifs is 1. The standard InChI is InChI=1S/C10H8F3NO2/c1-14-6-4-2-3-5-7(6)16-8(9(14)15)10(11,12)13/h2-5,8H,1H3. The number of rotatable bonds is 0. The van der Waals surface area contributed by atoms with Crippen molar-refractivity contribution in [2.45, 2.75) is 12.3 Å². The lowest BCUT2D eigenvalue weighted by atomic mass is 10.2. The molecule has 0 N–H and O–H groups in total. The summed E-state index contributed by atoms with van der Waals surface area (Å²) in [5, 5.41) is 0. The highest BCUT2D eigenvalue weighted by Gasteiger charge is 2.51. The van der Waals surface area contributed by atoms with Crippen LogP contribution in [0.5, 0.6) is 5.75 Å². The molecule has 0 fully saturated rings. The lowest BCUT2D eigenvalue weighted by molar-refractivity contribution is -0.198. The molecule has 86 valence electrons. The molecule has 1 heterocycles. The van der Waals surface area contributed by atoms with E-state index in [1.807, 2.05) is 0 Å². The summed E-state index contributed by atoms with van der Waals surface area (Å²) in [5.41, 5.74) is 0.341. The molecular formula is C10H8F3NO2. The average molecular weight is 231 g/mol. The second-order valence-corrected chi connectivity index (χ2v) is 3.40. The first-order valence-electron chi connectivity index (χ1n) is 4.51. The number of amides is 1. The Morgan fingerprint density at radius 2 is 1.94 bits per heavy atom. The van der Waals surface area contributed by atoms with Crippen LogP contribution in [0.4, 0.5) is 18.9 Å². The van der Waals surface area contributed by atoms with Gasteiger partial charge in [0.05, 0.1) is 5.69 Å². The van der Waals surface area contributed by atoms with Crippen LogP contribution in [0.15, 0.2) is 24.3 Å². The van der Waals surface area contributed by atoms with Gasteiger partial charge < -0.3 is 9.64 Å². The normalized spacial score (nSPS) is 20.4. The minimum Gasteiger partial charge on any atom is -0.469 e. The number of alkyl halides is 3. The van der Waals surface area contributed by atoms with Crippen molar-refractivity contribution in [3.05, 3.63) is 24.3 Å². The van der Waals surface area contributed by atoms with Gasteiger partial charge in [0.25, 0.3) is 12.0 Å². The summed E-state index contributed by atoms with van der Waals surface area (Å²) in [6.45, 7) is 0. The van der Waals surface area contributed by atoms with Gasteiger partial charge in [-0.2, -0.15) is 13.2 Å².